The summed E-state index contributed by atoms with van der Waals surface area (Å²) in [5.41, 5.74) is 0.769. The van der Waals surface area contributed by atoms with Crippen LogP contribution in [0.4, 0.5) is 0 Å². The van der Waals surface area contributed by atoms with Gasteiger partial charge in [0.25, 0.3) is 0 Å². The van der Waals surface area contributed by atoms with Gasteiger partial charge in [-0.05, 0) is 42.5 Å². The van der Waals surface area contributed by atoms with Gasteiger partial charge in [0.05, 0.1) is 16.8 Å². The van der Waals surface area contributed by atoms with E-state index < -0.39 is 0 Å². The Kier molecular flexibility index (Phi) is 7.62. The Morgan fingerprint density at radius 3 is 2.69 bits per heavy atom. The van der Waals surface area contributed by atoms with Crippen LogP contribution >= 0.6 is 46.3 Å². The van der Waals surface area contributed by atoms with Gasteiger partial charge in [0, 0.05) is 22.0 Å². The van der Waals surface area contributed by atoms with Crippen LogP contribution in [-0.4, -0.2) is 25.9 Å². The molecule has 1 atom stereocenters. The highest BCUT2D eigenvalue weighted by molar-refractivity contribution is 8.00. The van der Waals surface area contributed by atoms with E-state index in [1.807, 2.05) is 35.1 Å². The Hall–Kier alpha value is -1.54. The SMILES string of the molecule is CC(C)Cn1c(SC(C)C(=O)NCc2cccs2)nnc1-c1ccc(Cl)cc1Cl. The summed E-state index contributed by atoms with van der Waals surface area (Å²) < 4.78 is 2.02. The maximum atomic E-state index is 12.5. The van der Waals surface area contributed by atoms with Gasteiger partial charge in [-0.2, -0.15) is 0 Å². The summed E-state index contributed by atoms with van der Waals surface area (Å²) >= 11 is 15.4. The number of carbonyl (C=O) groups is 1. The molecule has 2 aromatic heterocycles. The zero-order valence-corrected chi connectivity index (χ0v) is 19.5. The monoisotopic (exact) mass is 468 g/mol. The normalized spacial score (nSPS) is 12.3. The lowest BCUT2D eigenvalue weighted by atomic mass is 10.2. The fourth-order valence-electron chi connectivity index (χ4n) is 2.72. The van der Waals surface area contributed by atoms with Crippen LogP contribution in [0.2, 0.25) is 10.0 Å². The first-order chi connectivity index (χ1) is 13.8. The summed E-state index contributed by atoms with van der Waals surface area (Å²) in [7, 11) is 0. The zero-order valence-electron chi connectivity index (χ0n) is 16.4. The second-order valence-corrected chi connectivity index (χ2v) is 10.2. The number of nitrogens with zero attached hydrogens (tertiary/aromatic N) is 3. The number of hydrogen-bond acceptors (Lipinski definition) is 5. The molecule has 3 rings (SSSR count). The van der Waals surface area contributed by atoms with E-state index in [-0.39, 0.29) is 11.2 Å². The number of thiophene rings is 1. The number of rotatable bonds is 8. The summed E-state index contributed by atoms with van der Waals surface area (Å²) in [5.74, 6) is 1.01. The Balaban J connectivity index is 1.79. The van der Waals surface area contributed by atoms with Gasteiger partial charge < -0.3 is 9.88 Å². The van der Waals surface area contributed by atoms with Crippen LogP contribution in [0.25, 0.3) is 11.4 Å². The third-order valence-corrected chi connectivity index (χ3v) is 6.61. The van der Waals surface area contributed by atoms with Crippen molar-refractivity contribution in [3.8, 4) is 11.4 Å². The molecule has 1 unspecified atom stereocenters. The minimum atomic E-state index is -0.307. The Morgan fingerprint density at radius 2 is 2.03 bits per heavy atom. The van der Waals surface area contributed by atoms with E-state index in [2.05, 4.69) is 29.4 Å². The van der Waals surface area contributed by atoms with Gasteiger partial charge >= 0.3 is 0 Å². The molecule has 29 heavy (non-hydrogen) atoms. The Labute approximate surface area is 188 Å². The van der Waals surface area contributed by atoms with E-state index >= 15 is 0 Å². The lowest BCUT2D eigenvalue weighted by Gasteiger charge is -2.15. The lowest BCUT2D eigenvalue weighted by molar-refractivity contribution is -0.120. The maximum Gasteiger partial charge on any atom is 0.233 e. The molecule has 3 aromatic rings. The molecule has 0 aliphatic carbocycles. The Bertz CT molecular complexity index is 973. The molecule has 2 heterocycles. The van der Waals surface area contributed by atoms with E-state index in [4.69, 9.17) is 23.2 Å². The fourth-order valence-corrected chi connectivity index (χ4v) is 4.74. The van der Waals surface area contributed by atoms with E-state index in [9.17, 15) is 4.79 Å². The quantitative estimate of drug-likeness (QED) is 0.426. The molecule has 5 nitrogen and oxygen atoms in total. The largest absolute Gasteiger partial charge is 0.350 e. The van der Waals surface area contributed by atoms with Gasteiger partial charge in [0.1, 0.15) is 0 Å². The molecule has 1 aromatic carbocycles. The molecule has 0 aliphatic rings. The van der Waals surface area contributed by atoms with Gasteiger partial charge in [0.2, 0.25) is 5.91 Å². The molecule has 0 fully saturated rings. The molecule has 1 N–H and O–H groups in total. The molecule has 154 valence electrons. The van der Waals surface area contributed by atoms with Crippen LogP contribution in [0, 0.1) is 5.92 Å². The molecule has 0 bridgehead atoms. The van der Waals surface area contributed by atoms with Crippen molar-refractivity contribution in [1.82, 2.24) is 20.1 Å². The topological polar surface area (TPSA) is 59.8 Å². The lowest BCUT2D eigenvalue weighted by Crippen LogP contribution is -2.30. The molecule has 0 radical (unpaired) electrons. The number of amides is 1. The van der Waals surface area contributed by atoms with Gasteiger partial charge in [0.15, 0.2) is 11.0 Å². The van der Waals surface area contributed by atoms with Crippen LogP contribution < -0.4 is 5.32 Å². The number of carbonyl (C=O) groups excluding carboxylic acids is 1. The van der Waals surface area contributed by atoms with Crippen molar-refractivity contribution in [3.05, 3.63) is 50.6 Å². The van der Waals surface area contributed by atoms with Crippen LogP contribution in [0.3, 0.4) is 0 Å². The number of thioether (sulfide) groups is 1. The predicted octanol–water partition coefficient (Wildman–Crippen LogP) is 5.77. The number of benzene rings is 1. The minimum absolute atomic E-state index is 0.0337. The molecular formula is C20H22Cl2N4OS2. The van der Waals surface area contributed by atoms with Gasteiger partial charge in [-0.1, -0.05) is 54.9 Å². The average Bonchev–Trinajstić information content (AvgIpc) is 3.30. The predicted molar refractivity (Wildman–Crippen MR) is 122 cm³/mol. The second-order valence-electron chi connectivity index (χ2n) is 6.99. The van der Waals surface area contributed by atoms with Gasteiger partial charge in [-0.25, -0.2) is 0 Å². The molecule has 0 spiro atoms. The number of nitrogens with one attached hydrogen (secondary N) is 1. The summed E-state index contributed by atoms with van der Waals surface area (Å²) in [6, 6.07) is 9.30. The highest BCUT2D eigenvalue weighted by Crippen LogP contribution is 2.33. The molecule has 0 saturated heterocycles. The van der Waals surface area contributed by atoms with Crippen LogP contribution in [0.5, 0.6) is 0 Å². The molecule has 1 amide bonds. The maximum absolute atomic E-state index is 12.5. The van der Waals surface area contributed by atoms with E-state index in [1.165, 1.54) is 11.8 Å². The van der Waals surface area contributed by atoms with Crippen molar-refractivity contribution in [2.24, 2.45) is 5.92 Å². The van der Waals surface area contributed by atoms with Crippen LogP contribution in [-0.2, 0) is 17.9 Å². The molecule has 9 heteroatoms. The van der Waals surface area contributed by atoms with Crippen molar-refractivity contribution in [1.29, 1.82) is 0 Å². The highest BCUT2D eigenvalue weighted by atomic mass is 35.5. The molecular weight excluding hydrogens is 447 g/mol. The summed E-state index contributed by atoms with van der Waals surface area (Å²) in [6.45, 7) is 7.37. The number of halogens is 2. The highest BCUT2D eigenvalue weighted by Gasteiger charge is 2.22. The third-order valence-electron chi connectivity index (χ3n) is 4.10. The van der Waals surface area contributed by atoms with Crippen molar-refractivity contribution in [2.45, 2.75) is 44.3 Å². The first kappa shape index (κ1) is 22.2. The van der Waals surface area contributed by atoms with E-state index in [1.54, 1.807) is 23.5 Å². The van der Waals surface area contributed by atoms with Crippen molar-refractivity contribution in [3.63, 3.8) is 0 Å². The number of hydrogen-bond donors (Lipinski definition) is 1. The molecule has 0 aliphatic heterocycles. The van der Waals surface area contributed by atoms with Crippen molar-refractivity contribution < 1.29 is 4.79 Å². The van der Waals surface area contributed by atoms with Crippen molar-refractivity contribution in [2.75, 3.05) is 0 Å². The minimum Gasteiger partial charge on any atom is -0.350 e. The van der Waals surface area contributed by atoms with Gasteiger partial charge in [-0.3, -0.25) is 4.79 Å². The Morgan fingerprint density at radius 1 is 1.24 bits per heavy atom. The number of aromatic nitrogens is 3. The zero-order chi connectivity index (χ0) is 21.0. The van der Waals surface area contributed by atoms with Crippen molar-refractivity contribution >= 4 is 52.2 Å². The summed E-state index contributed by atoms with van der Waals surface area (Å²) in [6.07, 6.45) is 0. The fraction of sp³-hybridized carbons (Fsp3) is 0.350. The van der Waals surface area contributed by atoms with Crippen LogP contribution in [0.1, 0.15) is 25.6 Å². The smallest absolute Gasteiger partial charge is 0.233 e. The van der Waals surface area contributed by atoms with E-state index in [0.717, 1.165) is 10.4 Å². The molecule has 0 saturated carbocycles. The third kappa shape index (κ3) is 5.75. The summed E-state index contributed by atoms with van der Waals surface area (Å²) in [5, 5.41) is 15.2. The first-order valence-corrected chi connectivity index (χ1v) is 11.7. The standard InChI is InChI=1S/C20H22Cl2N4OS2/c1-12(2)11-26-18(16-7-6-14(21)9-17(16)22)24-25-20(26)29-13(3)19(27)23-10-15-5-4-8-28-15/h4-9,12-13H,10-11H2,1-3H3,(H,23,27). The van der Waals surface area contributed by atoms with Crippen LogP contribution in [0.15, 0.2) is 40.9 Å². The summed E-state index contributed by atoms with van der Waals surface area (Å²) in [4.78, 5) is 13.6. The average molecular weight is 469 g/mol. The first-order valence-electron chi connectivity index (χ1n) is 9.20. The second kappa shape index (κ2) is 9.98. The van der Waals surface area contributed by atoms with E-state index in [0.29, 0.717) is 40.0 Å². The van der Waals surface area contributed by atoms with Gasteiger partial charge in [-0.15, -0.1) is 21.5 Å².